The molecule has 2 heterocycles. The molecule has 0 atom stereocenters. The van der Waals surface area contributed by atoms with E-state index in [0.29, 0.717) is 13.1 Å². The highest BCUT2D eigenvalue weighted by atomic mass is 19.1. The zero-order valence-corrected chi connectivity index (χ0v) is 12.4. The summed E-state index contributed by atoms with van der Waals surface area (Å²) in [5.41, 5.74) is 3.55. The standard InChI is InChI=1S/C13H10FN3.C3H6O2/c1-9-8-12(10-2-4-11(14)5-3-10)17-13(16-9)6-7-15-17;1-2-5-3-4/h2-8H,1H3;3H,2H2,1H3. The largest absolute Gasteiger partial charge is 0.468 e. The smallest absolute Gasteiger partial charge is 0.293 e. The summed E-state index contributed by atoms with van der Waals surface area (Å²) in [7, 11) is 0. The third-order valence-corrected chi connectivity index (χ3v) is 2.86. The van der Waals surface area contributed by atoms with E-state index in [-0.39, 0.29) is 5.82 Å². The van der Waals surface area contributed by atoms with Crippen molar-refractivity contribution in [3.63, 3.8) is 0 Å². The van der Waals surface area contributed by atoms with Crippen molar-refractivity contribution in [2.24, 2.45) is 0 Å². The molecule has 1 aromatic carbocycles. The van der Waals surface area contributed by atoms with Crippen LogP contribution in [0.1, 0.15) is 12.6 Å². The van der Waals surface area contributed by atoms with E-state index in [1.807, 2.05) is 19.1 Å². The molecule has 5 nitrogen and oxygen atoms in total. The number of aromatic nitrogens is 3. The molecule has 0 aliphatic carbocycles. The van der Waals surface area contributed by atoms with Gasteiger partial charge in [0.2, 0.25) is 0 Å². The molecule has 0 fully saturated rings. The second-order valence-corrected chi connectivity index (χ2v) is 4.44. The lowest BCUT2D eigenvalue weighted by Gasteiger charge is -2.06. The van der Waals surface area contributed by atoms with Gasteiger partial charge in [0.05, 0.1) is 18.5 Å². The Balaban J connectivity index is 0.000000309. The monoisotopic (exact) mass is 301 g/mol. The zero-order chi connectivity index (χ0) is 15.9. The number of carbonyl (C=O) groups excluding carboxylic acids is 1. The van der Waals surface area contributed by atoms with Crippen LogP contribution < -0.4 is 0 Å². The van der Waals surface area contributed by atoms with Crippen LogP contribution in [-0.2, 0) is 9.53 Å². The first-order valence-corrected chi connectivity index (χ1v) is 6.78. The number of fused-ring (bicyclic) bond motifs is 1. The van der Waals surface area contributed by atoms with E-state index in [9.17, 15) is 9.18 Å². The molecule has 0 aliphatic heterocycles. The topological polar surface area (TPSA) is 56.5 Å². The third-order valence-electron chi connectivity index (χ3n) is 2.86. The second-order valence-electron chi connectivity index (χ2n) is 4.44. The van der Waals surface area contributed by atoms with E-state index in [1.54, 1.807) is 29.8 Å². The Bertz CT molecular complexity index is 754. The van der Waals surface area contributed by atoms with Crippen LogP contribution in [0.5, 0.6) is 0 Å². The molecule has 0 unspecified atom stereocenters. The van der Waals surface area contributed by atoms with E-state index in [0.717, 1.165) is 22.6 Å². The molecule has 0 radical (unpaired) electrons. The average Bonchev–Trinajstić information content (AvgIpc) is 2.97. The Morgan fingerprint density at radius 3 is 2.59 bits per heavy atom. The van der Waals surface area contributed by atoms with Crippen LogP contribution in [-0.4, -0.2) is 27.7 Å². The minimum absolute atomic E-state index is 0.240. The van der Waals surface area contributed by atoms with Gasteiger partial charge in [-0.15, -0.1) is 0 Å². The fourth-order valence-electron chi connectivity index (χ4n) is 1.93. The van der Waals surface area contributed by atoms with Gasteiger partial charge >= 0.3 is 0 Å². The van der Waals surface area contributed by atoms with Gasteiger partial charge in [-0.1, -0.05) is 0 Å². The maximum atomic E-state index is 12.9. The number of halogens is 1. The van der Waals surface area contributed by atoms with E-state index in [2.05, 4.69) is 14.8 Å². The Kier molecular flexibility index (Phi) is 5.19. The molecule has 0 saturated carbocycles. The van der Waals surface area contributed by atoms with Crippen molar-refractivity contribution in [3.8, 4) is 11.3 Å². The van der Waals surface area contributed by atoms with E-state index >= 15 is 0 Å². The minimum atomic E-state index is -0.240. The van der Waals surface area contributed by atoms with Crippen LogP contribution in [0.4, 0.5) is 4.39 Å². The summed E-state index contributed by atoms with van der Waals surface area (Å²) in [5.74, 6) is -0.240. The second kappa shape index (κ2) is 7.31. The Morgan fingerprint density at radius 1 is 1.27 bits per heavy atom. The van der Waals surface area contributed by atoms with Gasteiger partial charge in [0, 0.05) is 17.3 Å². The number of rotatable bonds is 3. The minimum Gasteiger partial charge on any atom is -0.468 e. The number of carbonyl (C=O) groups is 1. The van der Waals surface area contributed by atoms with Gasteiger partial charge in [0.25, 0.3) is 6.47 Å². The molecule has 0 amide bonds. The van der Waals surface area contributed by atoms with Crippen LogP contribution in [0.2, 0.25) is 0 Å². The summed E-state index contributed by atoms with van der Waals surface area (Å²) in [5, 5.41) is 4.22. The zero-order valence-electron chi connectivity index (χ0n) is 12.4. The first-order chi connectivity index (χ1) is 10.7. The van der Waals surface area contributed by atoms with Crippen molar-refractivity contribution >= 4 is 12.1 Å². The molecular weight excluding hydrogens is 285 g/mol. The maximum absolute atomic E-state index is 12.9. The highest BCUT2D eigenvalue weighted by Gasteiger charge is 2.06. The molecule has 114 valence electrons. The van der Waals surface area contributed by atoms with Crippen LogP contribution in [0.15, 0.2) is 42.6 Å². The average molecular weight is 301 g/mol. The SMILES string of the molecule is CCOC=O.Cc1cc(-c2ccc(F)cc2)n2nccc2n1. The molecule has 6 heteroatoms. The maximum Gasteiger partial charge on any atom is 0.293 e. The lowest BCUT2D eigenvalue weighted by Crippen LogP contribution is -1.97. The van der Waals surface area contributed by atoms with Crippen molar-refractivity contribution < 1.29 is 13.9 Å². The number of hydrogen-bond donors (Lipinski definition) is 0. The predicted octanol–water partition coefficient (Wildman–Crippen LogP) is 3.02. The van der Waals surface area contributed by atoms with Crippen LogP contribution in [0, 0.1) is 12.7 Å². The number of hydrogen-bond acceptors (Lipinski definition) is 4. The fourth-order valence-corrected chi connectivity index (χ4v) is 1.93. The summed E-state index contributed by atoms with van der Waals surface area (Å²) >= 11 is 0. The summed E-state index contributed by atoms with van der Waals surface area (Å²) < 4.78 is 18.8. The van der Waals surface area contributed by atoms with Gasteiger partial charge in [0.15, 0.2) is 5.65 Å². The Morgan fingerprint density at radius 2 is 2.00 bits per heavy atom. The number of nitrogens with zero attached hydrogens (tertiary/aromatic N) is 3. The summed E-state index contributed by atoms with van der Waals surface area (Å²) in [6.45, 7) is 4.60. The first-order valence-electron chi connectivity index (χ1n) is 6.78. The lowest BCUT2D eigenvalue weighted by molar-refractivity contribution is -0.128. The van der Waals surface area contributed by atoms with Crippen molar-refractivity contribution in [1.82, 2.24) is 14.6 Å². The normalized spacial score (nSPS) is 9.95. The Hall–Kier alpha value is -2.76. The van der Waals surface area contributed by atoms with E-state index < -0.39 is 0 Å². The van der Waals surface area contributed by atoms with Gasteiger partial charge in [-0.05, 0) is 44.2 Å². The predicted molar refractivity (Wildman–Crippen MR) is 80.8 cm³/mol. The van der Waals surface area contributed by atoms with Crippen LogP contribution in [0.3, 0.4) is 0 Å². The first kappa shape index (κ1) is 15.6. The molecule has 3 rings (SSSR count). The van der Waals surface area contributed by atoms with Crippen molar-refractivity contribution in [2.75, 3.05) is 6.61 Å². The van der Waals surface area contributed by atoms with Crippen LogP contribution in [0.25, 0.3) is 16.9 Å². The van der Waals surface area contributed by atoms with Crippen molar-refractivity contribution in [1.29, 1.82) is 0 Å². The Labute approximate surface area is 127 Å². The molecule has 22 heavy (non-hydrogen) atoms. The molecule has 0 aliphatic rings. The summed E-state index contributed by atoms with van der Waals surface area (Å²) in [4.78, 5) is 13.5. The van der Waals surface area contributed by atoms with E-state index in [4.69, 9.17) is 0 Å². The molecular formula is C16H16FN3O2. The summed E-state index contributed by atoms with van der Waals surface area (Å²) in [6.07, 6.45) is 1.70. The van der Waals surface area contributed by atoms with Gasteiger partial charge in [-0.25, -0.2) is 13.9 Å². The van der Waals surface area contributed by atoms with Gasteiger partial charge < -0.3 is 4.74 Å². The molecule has 0 saturated heterocycles. The molecule has 2 aromatic heterocycles. The number of ether oxygens (including phenoxy) is 1. The highest BCUT2D eigenvalue weighted by molar-refractivity contribution is 5.63. The van der Waals surface area contributed by atoms with Gasteiger partial charge in [-0.3, -0.25) is 4.79 Å². The molecule has 0 spiro atoms. The van der Waals surface area contributed by atoms with Gasteiger partial charge in [-0.2, -0.15) is 5.10 Å². The molecule has 3 aromatic rings. The highest BCUT2D eigenvalue weighted by Crippen LogP contribution is 2.20. The number of aryl methyl sites for hydroxylation is 1. The quantitative estimate of drug-likeness (QED) is 0.698. The number of benzene rings is 1. The van der Waals surface area contributed by atoms with Crippen molar-refractivity contribution in [2.45, 2.75) is 13.8 Å². The molecule has 0 bridgehead atoms. The summed E-state index contributed by atoms with van der Waals surface area (Å²) in [6, 6.07) is 10.2. The third kappa shape index (κ3) is 3.66. The van der Waals surface area contributed by atoms with Gasteiger partial charge in [0.1, 0.15) is 5.82 Å². The van der Waals surface area contributed by atoms with E-state index in [1.165, 1.54) is 12.1 Å². The lowest BCUT2D eigenvalue weighted by atomic mass is 10.1. The molecule has 0 N–H and O–H groups in total. The fraction of sp³-hybridized carbons (Fsp3) is 0.188. The van der Waals surface area contributed by atoms with Crippen molar-refractivity contribution in [3.05, 3.63) is 54.1 Å². The van der Waals surface area contributed by atoms with Crippen LogP contribution >= 0.6 is 0 Å².